The molecule has 4 nitrogen and oxygen atoms in total. The minimum absolute atomic E-state index is 0.0219. The number of amides is 1. The van der Waals surface area contributed by atoms with Crippen molar-refractivity contribution in [1.29, 1.82) is 0 Å². The van der Waals surface area contributed by atoms with Crippen LogP contribution < -0.4 is 15.8 Å². The molecule has 4 heteroatoms. The quantitative estimate of drug-likeness (QED) is 0.811. The van der Waals surface area contributed by atoms with Crippen molar-refractivity contribution in [1.82, 2.24) is 5.32 Å². The molecule has 0 fully saturated rings. The first-order valence-corrected chi connectivity index (χ1v) is 6.31. The van der Waals surface area contributed by atoms with E-state index in [4.69, 9.17) is 10.5 Å². The van der Waals surface area contributed by atoms with Crippen molar-refractivity contribution in [2.45, 2.75) is 39.3 Å². The van der Waals surface area contributed by atoms with Crippen LogP contribution in [0.5, 0.6) is 5.75 Å². The van der Waals surface area contributed by atoms with E-state index in [2.05, 4.69) is 5.32 Å². The van der Waals surface area contributed by atoms with Gasteiger partial charge in [0.2, 0.25) is 0 Å². The van der Waals surface area contributed by atoms with Gasteiger partial charge in [0, 0.05) is 17.6 Å². The van der Waals surface area contributed by atoms with E-state index in [0.717, 1.165) is 12.0 Å². The molecule has 0 spiro atoms. The van der Waals surface area contributed by atoms with Gasteiger partial charge in [-0.2, -0.15) is 0 Å². The Morgan fingerprint density at radius 1 is 1.39 bits per heavy atom. The molecule has 1 rings (SSSR count). The Hall–Kier alpha value is -1.55. The highest BCUT2D eigenvalue weighted by Gasteiger charge is 2.10. The summed E-state index contributed by atoms with van der Waals surface area (Å²) in [6.07, 6.45) is 0.905. The lowest BCUT2D eigenvalue weighted by molar-refractivity contribution is -0.123. The van der Waals surface area contributed by atoms with E-state index in [1.54, 1.807) is 0 Å². The number of benzene rings is 1. The summed E-state index contributed by atoms with van der Waals surface area (Å²) < 4.78 is 5.51. The molecule has 0 aliphatic carbocycles. The third-order valence-electron chi connectivity index (χ3n) is 2.79. The smallest absolute Gasteiger partial charge is 0.258 e. The lowest BCUT2D eigenvalue weighted by Gasteiger charge is -2.15. The lowest BCUT2D eigenvalue weighted by atomic mass is 10.1. The minimum Gasteiger partial charge on any atom is -0.483 e. The zero-order valence-corrected chi connectivity index (χ0v) is 11.3. The molecule has 0 aliphatic heterocycles. The van der Waals surface area contributed by atoms with Gasteiger partial charge in [-0.25, -0.2) is 0 Å². The van der Waals surface area contributed by atoms with Crippen molar-refractivity contribution in [3.8, 4) is 5.75 Å². The maximum atomic E-state index is 11.6. The van der Waals surface area contributed by atoms with Crippen LogP contribution in [0, 0.1) is 0 Å². The van der Waals surface area contributed by atoms with Crippen LogP contribution in [0.25, 0.3) is 0 Å². The average molecular weight is 250 g/mol. The third kappa shape index (κ3) is 4.37. The fourth-order valence-electron chi connectivity index (χ4n) is 1.55. The number of carbonyl (C=O) groups is 1. The zero-order chi connectivity index (χ0) is 13.5. The van der Waals surface area contributed by atoms with Crippen molar-refractivity contribution in [2.24, 2.45) is 5.73 Å². The molecule has 1 aromatic rings. The normalized spacial score (nSPS) is 13.8. The molecule has 0 aromatic heterocycles. The van der Waals surface area contributed by atoms with Crippen LogP contribution in [0.3, 0.4) is 0 Å². The molecule has 0 heterocycles. The predicted octanol–water partition coefficient (Wildman–Crippen LogP) is 2.00. The highest BCUT2D eigenvalue weighted by Crippen LogP contribution is 2.22. The fourth-order valence-corrected chi connectivity index (χ4v) is 1.55. The van der Waals surface area contributed by atoms with Crippen molar-refractivity contribution >= 4 is 5.91 Å². The molecular formula is C14H22N2O2. The summed E-state index contributed by atoms with van der Waals surface area (Å²) in [4.78, 5) is 11.6. The van der Waals surface area contributed by atoms with Gasteiger partial charge >= 0.3 is 0 Å². The number of hydrogen-bond acceptors (Lipinski definition) is 3. The molecule has 0 saturated heterocycles. The largest absolute Gasteiger partial charge is 0.483 e. The number of rotatable bonds is 6. The number of hydrogen-bond donors (Lipinski definition) is 2. The van der Waals surface area contributed by atoms with Gasteiger partial charge in [-0.05, 0) is 26.3 Å². The second-order valence-electron chi connectivity index (χ2n) is 4.49. The topological polar surface area (TPSA) is 64.3 Å². The SMILES string of the molecule is CCC(C)NC(=O)COc1ccccc1[C@@H](C)N. The summed E-state index contributed by atoms with van der Waals surface area (Å²) in [6.45, 7) is 5.90. The van der Waals surface area contributed by atoms with E-state index in [-0.39, 0.29) is 24.6 Å². The summed E-state index contributed by atoms with van der Waals surface area (Å²) in [5.74, 6) is 0.565. The van der Waals surface area contributed by atoms with Crippen molar-refractivity contribution < 1.29 is 9.53 Å². The fraction of sp³-hybridized carbons (Fsp3) is 0.500. The first-order valence-electron chi connectivity index (χ1n) is 6.31. The van der Waals surface area contributed by atoms with Crippen LogP contribution in [0.2, 0.25) is 0 Å². The number of para-hydroxylation sites is 1. The summed E-state index contributed by atoms with van der Waals surface area (Å²) in [6, 6.07) is 7.57. The van der Waals surface area contributed by atoms with Crippen LogP contribution in [0.15, 0.2) is 24.3 Å². The second kappa shape index (κ2) is 7.01. The first-order chi connectivity index (χ1) is 8.54. The van der Waals surface area contributed by atoms with Gasteiger partial charge < -0.3 is 15.8 Å². The monoisotopic (exact) mass is 250 g/mol. The van der Waals surface area contributed by atoms with Crippen LogP contribution in [0.4, 0.5) is 0 Å². The summed E-state index contributed by atoms with van der Waals surface area (Å²) >= 11 is 0. The van der Waals surface area contributed by atoms with Gasteiger partial charge in [-0.1, -0.05) is 25.1 Å². The van der Waals surface area contributed by atoms with Gasteiger partial charge in [-0.3, -0.25) is 4.79 Å². The maximum Gasteiger partial charge on any atom is 0.258 e. The first kappa shape index (κ1) is 14.5. The number of nitrogens with one attached hydrogen (secondary N) is 1. The van der Waals surface area contributed by atoms with Gasteiger partial charge in [0.1, 0.15) is 5.75 Å². The molecule has 2 atom stereocenters. The molecule has 1 aromatic carbocycles. The van der Waals surface area contributed by atoms with Crippen LogP contribution in [-0.2, 0) is 4.79 Å². The molecule has 0 aliphatic rings. The van der Waals surface area contributed by atoms with E-state index in [0.29, 0.717) is 5.75 Å². The van der Waals surface area contributed by atoms with Crippen LogP contribution in [0.1, 0.15) is 38.8 Å². The Bertz CT molecular complexity index is 391. The van der Waals surface area contributed by atoms with E-state index < -0.39 is 0 Å². The van der Waals surface area contributed by atoms with Crippen LogP contribution in [-0.4, -0.2) is 18.6 Å². The Morgan fingerprint density at radius 3 is 2.67 bits per heavy atom. The minimum atomic E-state index is -0.112. The molecule has 0 radical (unpaired) electrons. The maximum absolute atomic E-state index is 11.6. The number of ether oxygens (including phenoxy) is 1. The molecule has 100 valence electrons. The molecule has 0 bridgehead atoms. The van der Waals surface area contributed by atoms with Gasteiger partial charge in [0.15, 0.2) is 6.61 Å². The molecule has 3 N–H and O–H groups in total. The highest BCUT2D eigenvalue weighted by atomic mass is 16.5. The Kier molecular flexibility index (Phi) is 5.65. The van der Waals surface area contributed by atoms with E-state index >= 15 is 0 Å². The van der Waals surface area contributed by atoms with Crippen molar-refractivity contribution in [3.05, 3.63) is 29.8 Å². The molecule has 18 heavy (non-hydrogen) atoms. The Morgan fingerprint density at radius 2 is 2.06 bits per heavy atom. The van der Waals surface area contributed by atoms with Gasteiger partial charge in [0.25, 0.3) is 5.91 Å². The standard InChI is InChI=1S/C14H22N2O2/c1-4-10(2)16-14(17)9-18-13-8-6-5-7-12(13)11(3)15/h5-8,10-11H,4,9,15H2,1-3H3,(H,16,17)/t10?,11-/m1/s1. The highest BCUT2D eigenvalue weighted by molar-refractivity contribution is 5.77. The summed E-state index contributed by atoms with van der Waals surface area (Å²) in [5.41, 5.74) is 6.75. The summed E-state index contributed by atoms with van der Waals surface area (Å²) in [7, 11) is 0. The van der Waals surface area contributed by atoms with E-state index in [1.807, 2.05) is 45.0 Å². The van der Waals surface area contributed by atoms with Crippen molar-refractivity contribution in [3.63, 3.8) is 0 Å². The zero-order valence-electron chi connectivity index (χ0n) is 11.3. The number of nitrogens with two attached hydrogens (primary N) is 1. The third-order valence-corrected chi connectivity index (χ3v) is 2.79. The van der Waals surface area contributed by atoms with Gasteiger partial charge in [-0.15, -0.1) is 0 Å². The van der Waals surface area contributed by atoms with E-state index in [1.165, 1.54) is 0 Å². The van der Waals surface area contributed by atoms with E-state index in [9.17, 15) is 4.79 Å². The second-order valence-corrected chi connectivity index (χ2v) is 4.49. The number of carbonyl (C=O) groups excluding carboxylic acids is 1. The molecular weight excluding hydrogens is 228 g/mol. The van der Waals surface area contributed by atoms with Gasteiger partial charge in [0.05, 0.1) is 0 Å². The summed E-state index contributed by atoms with van der Waals surface area (Å²) in [5, 5.41) is 2.85. The lowest BCUT2D eigenvalue weighted by Crippen LogP contribution is -2.35. The van der Waals surface area contributed by atoms with Crippen molar-refractivity contribution in [2.75, 3.05) is 6.61 Å². The average Bonchev–Trinajstić information content (AvgIpc) is 2.36. The Labute approximate surface area is 109 Å². The Balaban J connectivity index is 2.56. The molecule has 1 unspecified atom stereocenters. The van der Waals surface area contributed by atoms with Crippen LogP contribution >= 0.6 is 0 Å². The molecule has 1 amide bonds. The predicted molar refractivity (Wildman–Crippen MR) is 72.4 cm³/mol. The molecule has 0 saturated carbocycles.